The Bertz CT molecular complexity index is 1380. The van der Waals surface area contributed by atoms with Crippen molar-refractivity contribution in [1.82, 2.24) is 25.4 Å². The van der Waals surface area contributed by atoms with E-state index in [0.717, 1.165) is 11.3 Å². The van der Waals surface area contributed by atoms with Gasteiger partial charge in [0.2, 0.25) is 0 Å². The molecule has 0 aliphatic carbocycles. The molecule has 0 radical (unpaired) electrons. The van der Waals surface area contributed by atoms with Crippen LogP contribution in [0.4, 0.5) is 19.0 Å². The second-order valence-electron chi connectivity index (χ2n) is 8.53. The zero-order valence-electron chi connectivity index (χ0n) is 21.0. The minimum absolute atomic E-state index is 0.174. The van der Waals surface area contributed by atoms with E-state index in [9.17, 15) is 22.8 Å². The number of hydrogen-bond acceptors (Lipinski definition) is 7. The van der Waals surface area contributed by atoms with Crippen LogP contribution in [-0.2, 0) is 0 Å². The molecule has 2 aromatic heterocycles. The number of piperazine rings is 1. The van der Waals surface area contributed by atoms with Crippen LogP contribution in [0.15, 0.2) is 54.9 Å². The van der Waals surface area contributed by atoms with Crippen molar-refractivity contribution in [2.24, 2.45) is 0 Å². The average molecular weight is 539 g/mol. The summed E-state index contributed by atoms with van der Waals surface area (Å²) in [5.74, 6) is 6.17. The first kappa shape index (κ1) is 27.4. The molecule has 1 aliphatic heterocycles. The highest BCUT2D eigenvalue weighted by Gasteiger charge is 2.28. The number of pyridine rings is 1. The fourth-order valence-corrected chi connectivity index (χ4v) is 3.81. The van der Waals surface area contributed by atoms with Crippen LogP contribution in [0.3, 0.4) is 0 Å². The molecule has 1 N–H and O–H groups in total. The number of ether oxygens (including phenoxy) is 1. The molecule has 1 aliphatic rings. The van der Waals surface area contributed by atoms with Gasteiger partial charge >= 0.3 is 6.18 Å². The maximum atomic E-state index is 13.1. The Morgan fingerprint density at radius 1 is 1.00 bits per heavy atom. The molecule has 0 atom stereocenters. The van der Waals surface area contributed by atoms with Crippen LogP contribution in [0, 0.1) is 11.8 Å². The minimum atomic E-state index is -4.51. The van der Waals surface area contributed by atoms with Gasteiger partial charge in [0.05, 0.1) is 12.2 Å². The second-order valence-corrected chi connectivity index (χ2v) is 8.53. The number of benzene rings is 1. The number of carbonyl (C=O) groups excluding carboxylic acids is 2. The zero-order chi connectivity index (χ0) is 27.8. The maximum Gasteiger partial charge on any atom is 0.405 e. The highest BCUT2D eigenvalue weighted by molar-refractivity contribution is 5.94. The van der Waals surface area contributed by atoms with E-state index in [1.807, 2.05) is 36.1 Å². The Kier molecular flexibility index (Phi) is 8.60. The predicted molar refractivity (Wildman–Crippen MR) is 136 cm³/mol. The number of hydrogen-bond donors (Lipinski definition) is 1. The molecule has 2 amide bonds. The number of nitrogens with one attached hydrogen (secondary N) is 1. The number of rotatable bonds is 6. The van der Waals surface area contributed by atoms with Gasteiger partial charge in [-0.1, -0.05) is 17.9 Å². The molecule has 0 bridgehead atoms. The Balaban J connectivity index is 1.33. The zero-order valence-corrected chi connectivity index (χ0v) is 21.0. The molecule has 0 unspecified atom stereocenters. The standard InChI is InChI=1S/C27H25F3N6O3/c1-2-39-22-5-3-4-19(15-22)6-7-20-14-21(17-31-16-20)26(38)36-12-10-35(11-13-36)24-9-8-23(33-34-24)25(37)32-18-27(28,29)30/h3-5,8-9,14-17H,2,10-13,18H2,1H3,(H,32,37). The van der Waals surface area contributed by atoms with Crippen LogP contribution in [0.2, 0.25) is 0 Å². The van der Waals surface area contributed by atoms with E-state index in [4.69, 9.17) is 4.74 Å². The molecular formula is C27H25F3N6O3. The first-order valence-corrected chi connectivity index (χ1v) is 12.1. The van der Waals surface area contributed by atoms with Crippen molar-refractivity contribution in [1.29, 1.82) is 0 Å². The van der Waals surface area contributed by atoms with E-state index in [-0.39, 0.29) is 11.6 Å². The van der Waals surface area contributed by atoms with Gasteiger partial charge < -0.3 is 19.9 Å². The molecule has 0 saturated carbocycles. The smallest absolute Gasteiger partial charge is 0.405 e. The number of aromatic nitrogens is 3. The molecule has 9 nitrogen and oxygen atoms in total. The summed E-state index contributed by atoms with van der Waals surface area (Å²) in [6, 6.07) is 12.0. The van der Waals surface area contributed by atoms with E-state index in [1.165, 1.54) is 18.3 Å². The molecule has 39 heavy (non-hydrogen) atoms. The lowest BCUT2D eigenvalue weighted by atomic mass is 10.1. The van der Waals surface area contributed by atoms with Crippen molar-refractivity contribution in [3.05, 3.63) is 77.2 Å². The number of alkyl halides is 3. The molecule has 1 saturated heterocycles. The molecule has 1 aromatic carbocycles. The van der Waals surface area contributed by atoms with Crippen molar-refractivity contribution >= 4 is 17.6 Å². The molecule has 12 heteroatoms. The quantitative estimate of drug-likeness (QED) is 0.482. The summed E-state index contributed by atoms with van der Waals surface area (Å²) in [5, 5.41) is 9.46. The Hall–Kier alpha value is -4.66. The SMILES string of the molecule is CCOc1cccc(C#Cc2cncc(C(=O)N3CCN(c4ccc(C(=O)NCC(F)(F)F)nn4)CC3)c2)c1. The van der Waals surface area contributed by atoms with Gasteiger partial charge in [-0.15, -0.1) is 10.2 Å². The van der Waals surface area contributed by atoms with Gasteiger partial charge in [-0.25, -0.2) is 0 Å². The van der Waals surface area contributed by atoms with E-state index < -0.39 is 18.6 Å². The topological polar surface area (TPSA) is 101 Å². The van der Waals surface area contributed by atoms with Crippen LogP contribution >= 0.6 is 0 Å². The largest absolute Gasteiger partial charge is 0.494 e. The normalized spacial score (nSPS) is 13.3. The van der Waals surface area contributed by atoms with E-state index in [1.54, 1.807) is 22.5 Å². The van der Waals surface area contributed by atoms with Crippen LogP contribution in [0.25, 0.3) is 0 Å². The Labute approximate surface area is 223 Å². The van der Waals surface area contributed by atoms with Crippen LogP contribution in [-0.4, -0.2) is 77.4 Å². The highest BCUT2D eigenvalue weighted by Crippen LogP contribution is 2.17. The Morgan fingerprint density at radius 3 is 2.46 bits per heavy atom. The molecule has 3 aromatic rings. The fourth-order valence-electron chi connectivity index (χ4n) is 3.81. The van der Waals surface area contributed by atoms with Crippen molar-refractivity contribution in [3.8, 4) is 17.6 Å². The number of nitrogens with zero attached hydrogens (tertiary/aromatic N) is 5. The first-order chi connectivity index (χ1) is 18.7. The Morgan fingerprint density at radius 2 is 1.77 bits per heavy atom. The summed E-state index contributed by atoms with van der Waals surface area (Å²) in [7, 11) is 0. The number of halogens is 3. The predicted octanol–water partition coefficient (Wildman–Crippen LogP) is 2.92. The van der Waals surface area contributed by atoms with Crippen molar-refractivity contribution in [3.63, 3.8) is 0 Å². The molecule has 0 spiro atoms. The third-order valence-corrected chi connectivity index (χ3v) is 5.70. The van der Waals surface area contributed by atoms with Crippen LogP contribution < -0.4 is 15.0 Å². The first-order valence-electron chi connectivity index (χ1n) is 12.1. The van der Waals surface area contributed by atoms with Crippen molar-refractivity contribution in [2.75, 3.05) is 44.2 Å². The molecule has 202 valence electrons. The third kappa shape index (κ3) is 7.67. The molecule has 1 fully saturated rings. The van der Waals surface area contributed by atoms with Gasteiger partial charge in [0.1, 0.15) is 12.3 Å². The third-order valence-electron chi connectivity index (χ3n) is 5.70. The van der Waals surface area contributed by atoms with E-state index in [2.05, 4.69) is 27.0 Å². The average Bonchev–Trinajstić information content (AvgIpc) is 2.95. The fraction of sp³-hybridized carbons (Fsp3) is 0.296. The lowest BCUT2D eigenvalue weighted by Gasteiger charge is -2.35. The van der Waals surface area contributed by atoms with Gasteiger partial charge in [-0.05, 0) is 43.3 Å². The monoisotopic (exact) mass is 538 g/mol. The summed E-state index contributed by atoms with van der Waals surface area (Å²) in [6.45, 7) is 2.77. The summed E-state index contributed by atoms with van der Waals surface area (Å²) in [6.07, 6.45) is -1.41. The van der Waals surface area contributed by atoms with E-state index >= 15 is 0 Å². The van der Waals surface area contributed by atoms with Gasteiger partial charge in [0, 0.05) is 49.7 Å². The lowest BCUT2D eigenvalue weighted by molar-refractivity contribution is -0.123. The van der Waals surface area contributed by atoms with E-state index in [0.29, 0.717) is 49.7 Å². The molecular weight excluding hydrogens is 513 g/mol. The van der Waals surface area contributed by atoms with Crippen LogP contribution in [0.5, 0.6) is 5.75 Å². The second kappa shape index (κ2) is 12.3. The number of carbonyl (C=O) groups is 2. The summed E-state index contributed by atoms with van der Waals surface area (Å²) >= 11 is 0. The van der Waals surface area contributed by atoms with Gasteiger partial charge in [-0.3, -0.25) is 14.6 Å². The molecule has 4 rings (SSSR count). The highest BCUT2D eigenvalue weighted by atomic mass is 19.4. The van der Waals surface area contributed by atoms with Crippen LogP contribution in [0.1, 0.15) is 38.9 Å². The number of anilines is 1. The maximum absolute atomic E-state index is 13.1. The molecule has 3 heterocycles. The van der Waals surface area contributed by atoms with Crippen molar-refractivity contribution < 1.29 is 27.5 Å². The number of amides is 2. The minimum Gasteiger partial charge on any atom is -0.494 e. The van der Waals surface area contributed by atoms with Gasteiger partial charge in [-0.2, -0.15) is 13.2 Å². The van der Waals surface area contributed by atoms with Gasteiger partial charge in [0.25, 0.3) is 11.8 Å². The summed E-state index contributed by atoms with van der Waals surface area (Å²) in [5.41, 5.74) is 1.60. The van der Waals surface area contributed by atoms with Gasteiger partial charge in [0.15, 0.2) is 11.5 Å². The summed E-state index contributed by atoms with van der Waals surface area (Å²) < 4.78 is 42.4. The summed E-state index contributed by atoms with van der Waals surface area (Å²) in [4.78, 5) is 32.7. The lowest BCUT2D eigenvalue weighted by Crippen LogP contribution is -2.49. The van der Waals surface area contributed by atoms with Crippen molar-refractivity contribution in [2.45, 2.75) is 13.1 Å².